The third-order valence-corrected chi connectivity index (χ3v) is 4.39. The van der Waals surface area contributed by atoms with Gasteiger partial charge in [-0.3, -0.25) is 10.1 Å². The summed E-state index contributed by atoms with van der Waals surface area (Å²) in [6.07, 6.45) is 0. The topological polar surface area (TPSA) is 86.5 Å². The second kappa shape index (κ2) is 5.82. The van der Waals surface area contributed by atoms with E-state index < -0.39 is 20.7 Å². The van der Waals surface area contributed by atoms with E-state index in [4.69, 9.17) is 4.18 Å². The Morgan fingerprint density at radius 2 is 1.76 bits per heavy atom. The van der Waals surface area contributed by atoms with Crippen LogP contribution in [0.1, 0.15) is 5.56 Å². The number of benzene rings is 2. The van der Waals surface area contributed by atoms with Gasteiger partial charge in [-0.2, -0.15) is 8.42 Å². The van der Waals surface area contributed by atoms with E-state index >= 15 is 0 Å². The third kappa shape index (κ3) is 3.59. The molecule has 0 aromatic heterocycles. The number of aryl methyl sites for hydroxylation is 1. The minimum atomic E-state index is -4.12. The van der Waals surface area contributed by atoms with Crippen LogP contribution in [-0.2, 0) is 10.1 Å². The zero-order chi connectivity index (χ0) is 15.6. The normalized spacial score (nSPS) is 11.1. The van der Waals surface area contributed by atoms with Crippen molar-refractivity contribution in [2.24, 2.45) is 0 Å². The maximum Gasteiger partial charge on any atom is 0.339 e. The van der Waals surface area contributed by atoms with Crippen molar-refractivity contribution in [2.75, 3.05) is 0 Å². The number of halogens is 1. The summed E-state index contributed by atoms with van der Waals surface area (Å²) >= 11 is 3.19. The van der Waals surface area contributed by atoms with Gasteiger partial charge in [0.15, 0.2) is 0 Å². The first-order chi connectivity index (χ1) is 9.79. The van der Waals surface area contributed by atoms with Gasteiger partial charge in [0.25, 0.3) is 0 Å². The highest BCUT2D eigenvalue weighted by Crippen LogP contribution is 2.30. The first-order valence-electron chi connectivity index (χ1n) is 5.75. The van der Waals surface area contributed by atoms with Crippen molar-refractivity contribution in [3.05, 3.63) is 62.6 Å². The van der Waals surface area contributed by atoms with E-state index in [0.29, 0.717) is 10.0 Å². The molecule has 0 radical (unpaired) electrons. The summed E-state index contributed by atoms with van der Waals surface area (Å²) in [6, 6.07) is 9.84. The first-order valence-corrected chi connectivity index (χ1v) is 7.95. The Balaban J connectivity index is 2.41. The molecule has 2 aromatic rings. The Labute approximate surface area is 129 Å². The third-order valence-electron chi connectivity index (χ3n) is 2.61. The molecule has 0 saturated heterocycles. The molecule has 0 aliphatic rings. The molecule has 110 valence electrons. The van der Waals surface area contributed by atoms with Gasteiger partial charge in [0.2, 0.25) is 5.75 Å². The Kier molecular flexibility index (Phi) is 4.29. The summed E-state index contributed by atoms with van der Waals surface area (Å²) in [6.45, 7) is 1.67. The highest BCUT2D eigenvalue weighted by molar-refractivity contribution is 9.10. The van der Waals surface area contributed by atoms with Gasteiger partial charge in [-0.05, 0) is 42.8 Å². The number of rotatable bonds is 4. The lowest BCUT2D eigenvalue weighted by atomic mass is 10.2. The molecule has 2 rings (SSSR count). The van der Waals surface area contributed by atoms with Crippen LogP contribution >= 0.6 is 15.9 Å². The minimum Gasteiger partial charge on any atom is -0.372 e. The van der Waals surface area contributed by atoms with E-state index in [0.717, 1.165) is 0 Å². The lowest BCUT2D eigenvalue weighted by Crippen LogP contribution is -2.10. The molecule has 0 aliphatic carbocycles. The summed E-state index contributed by atoms with van der Waals surface area (Å²) in [7, 11) is -4.12. The lowest BCUT2D eigenvalue weighted by Gasteiger charge is -2.08. The first kappa shape index (κ1) is 15.5. The van der Waals surface area contributed by atoms with E-state index in [1.807, 2.05) is 0 Å². The van der Waals surface area contributed by atoms with Crippen LogP contribution in [-0.4, -0.2) is 13.3 Å². The molecule has 0 amide bonds. The van der Waals surface area contributed by atoms with Crippen LogP contribution in [0.4, 0.5) is 5.69 Å². The van der Waals surface area contributed by atoms with Gasteiger partial charge in [0.05, 0.1) is 4.92 Å². The lowest BCUT2D eigenvalue weighted by molar-refractivity contribution is -0.385. The van der Waals surface area contributed by atoms with Crippen LogP contribution in [0.5, 0.6) is 5.75 Å². The summed E-state index contributed by atoms with van der Waals surface area (Å²) in [5.41, 5.74) is 0.241. The second-order valence-corrected chi connectivity index (χ2v) is 6.68. The number of hydrogen-bond donors (Lipinski definition) is 0. The maximum atomic E-state index is 12.1. The molecule has 6 nitrogen and oxygen atoms in total. The van der Waals surface area contributed by atoms with Crippen LogP contribution in [0.2, 0.25) is 0 Å². The molecule has 0 atom stereocenters. The van der Waals surface area contributed by atoms with Crippen LogP contribution in [0.15, 0.2) is 51.8 Å². The second-order valence-electron chi connectivity index (χ2n) is 4.22. The number of nitrogens with zero attached hydrogens (tertiary/aromatic N) is 1. The average Bonchev–Trinajstić information content (AvgIpc) is 2.41. The number of nitro groups is 1. The fourth-order valence-corrected chi connectivity index (χ4v) is 2.82. The monoisotopic (exact) mass is 371 g/mol. The van der Waals surface area contributed by atoms with Gasteiger partial charge in [-0.1, -0.05) is 22.0 Å². The fourth-order valence-electron chi connectivity index (χ4n) is 1.61. The number of hydrogen-bond acceptors (Lipinski definition) is 5. The van der Waals surface area contributed by atoms with E-state index in [2.05, 4.69) is 15.9 Å². The van der Waals surface area contributed by atoms with Crippen molar-refractivity contribution in [1.82, 2.24) is 0 Å². The van der Waals surface area contributed by atoms with Gasteiger partial charge >= 0.3 is 15.8 Å². The molecule has 0 bridgehead atoms. The zero-order valence-electron chi connectivity index (χ0n) is 10.8. The smallest absolute Gasteiger partial charge is 0.339 e. The Morgan fingerprint density at radius 3 is 2.33 bits per heavy atom. The van der Waals surface area contributed by atoms with Crippen molar-refractivity contribution in [2.45, 2.75) is 11.8 Å². The largest absolute Gasteiger partial charge is 0.372 e. The molecule has 2 aromatic carbocycles. The summed E-state index contributed by atoms with van der Waals surface area (Å²) < 4.78 is 29.8. The van der Waals surface area contributed by atoms with E-state index in [-0.39, 0.29) is 10.6 Å². The van der Waals surface area contributed by atoms with Gasteiger partial charge in [0, 0.05) is 10.5 Å². The molecule has 0 fully saturated rings. The van der Waals surface area contributed by atoms with Gasteiger partial charge in [-0.15, -0.1) is 0 Å². The summed E-state index contributed by atoms with van der Waals surface area (Å²) in [4.78, 5) is 10.2. The Morgan fingerprint density at radius 1 is 1.14 bits per heavy atom. The molecular weight excluding hydrogens is 362 g/mol. The molecular formula is C13H10BrNO5S. The molecule has 0 aliphatic heterocycles. The van der Waals surface area contributed by atoms with Crippen LogP contribution in [0, 0.1) is 17.0 Å². The SMILES string of the molecule is Cc1ccc(OS(=O)(=O)c2ccc(Br)cc2)c([N+](=O)[O-])c1. The predicted octanol–water partition coefficient (Wildman–Crippen LogP) is 3.43. The zero-order valence-corrected chi connectivity index (χ0v) is 13.2. The van der Waals surface area contributed by atoms with Crippen molar-refractivity contribution in [3.8, 4) is 5.75 Å². The van der Waals surface area contributed by atoms with E-state index in [1.165, 1.54) is 24.3 Å². The predicted molar refractivity (Wildman–Crippen MR) is 79.8 cm³/mol. The molecule has 21 heavy (non-hydrogen) atoms. The molecule has 0 unspecified atom stereocenters. The minimum absolute atomic E-state index is 0.0828. The molecule has 0 spiro atoms. The van der Waals surface area contributed by atoms with Crippen molar-refractivity contribution in [1.29, 1.82) is 0 Å². The molecule has 0 N–H and O–H groups in total. The highest BCUT2D eigenvalue weighted by atomic mass is 79.9. The quantitative estimate of drug-likeness (QED) is 0.466. The standard InChI is InChI=1S/C13H10BrNO5S/c1-9-2-7-13(12(8-9)15(16)17)20-21(18,19)11-5-3-10(14)4-6-11/h2-8H,1H3. The van der Waals surface area contributed by atoms with Gasteiger partial charge < -0.3 is 4.18 Å². The van der Waals surface area contributed by atoms with Gasteiger partial charge in [-0.25, -0.2) is 0 Å². The number of nitro benzene ring substituents is 1. The highest BCUT2D eigenvalue weighted by Gasteiger charge is 2.23. The molecule has 0 saturated carbocycles. The van der Waals surface area contributed by atoms with Crippen molar-refractivity contribution in [3.63, 3.8) is 0 Å². The maximum absolute atomic E-state index is 12.1. The molecule has 8 heteroatoms. The van der Waals surface area contributed by atoms with Crippen LogP contribution in [0.25, 0.3) is 0 Å². The molecule has 0 heterocycles. The Bertz CT molecular complexity index is 787. The summed E-state index contributed by atoms with van der Waals surface area (Å²) in [5.74, 6) is -0.312. The van der Waals surface area contributed by atoms with Gasteiger partial charge in [0.1, 0.15) is 4.90 Å². The van der Waals surface area contributed by atoms with Crippen LogP contribution < -0.4 is 4.18 Å². The fraction of sp³-hybridized carbons (Fsp3) is 0.0769. The van der Waals surface area contributed by atoms with E-state index in [1.54, 1.807) is 25.1 Å². The average molecular weight is 372 g/mol. The van der Waals surface area contributed by atoms with Crippen LogP contribution in [0.3, 0.4) is 0 Å². The Hall–Kier alpha value is -1.93. The van der Waals surface area contributed by atoms with Crippen molar-refractivity contribution < 1.29 is 17.5 Å². The van der Waals surface area contributed by atoms with Crippen molar-refractivity contribution >= 4 is 31.7 Å². The summed E-state index contributed by atoms with van der Waals surface area (Å²) in [5, 5.41) is 11.0. The van der Waals surface area contributed by atoms with E-state index in [9.17, 15) is 18.5 Å².